The second-order valence-electron chi connectivity index (χ2n) is 3.75. The molecule has 0 radical (unpaired) electrons. The van der Waals surface area contributed by atoms with E-state index in [9.17, 15) is 5.11 Å². The Balaban J connectivity index is 2.13. The largest absolute Gasteiger partial charge is 0.390 e. The molecule has 0 amide bonds. The average Bonchev–Trinajstić information content (AvgIpc) is 2.19. The van der Waals surface area contributed by atoms with E-state index in [1.807, 2.05) is 0 Å². The summed E-state index contributed by atoms with van der Waals surface area (Å²) in [7, 11) is 0. The maximum atomic E-state index is 9.28. The molecule has 58 valence electrons. The lowest BCUT2D eigenvalue weighted by Crippen LogP contribution is -2.59. The van der Waals surface area contributed by atoms with E-state index < -0.39 is 0 Å². The molecular weight excluding hydrogens is 130 g/mol. The molecular formula is C7H13NO2. The van der Waals surface area contributed by atoms with E-state index in [-0.39, 0.29) is 17.2 Å². The molecule has 3 N–H and O–H groups in total. The molecule has 1 saturated carbocycles. The fourth-order valence-corrected chi connectivity index (χ4v) is 2.05. The third-order valence-electron chi connectivity index (χ3n) is 2.71. The molecule has 0 aromatic heterocycles. The summed E-state index contributed by atoms with van der Waals surface area (Å²) in [6, 6.07) is 0. The Kier molecular flexibility index (Phi) is 1.02. The van der Waals surface area contributed by atoms with E-state index in [1.54, 1.807) is 6.92 Å². The van der Waals surface area contributed by atoms with Crippen molar-refractivity contribution in [2.24, 2.45) is 5.73 Å². The third-order valence-corrected chi connectivity index (χ3v) is 2.71. The molecule has 2 heterocycles. The van der Waals surface area contributed by atoms with Gasteiger partial charge in [-0.2, -0.15) is 0 Å². The molecule has 2 aliphatic heterocycles. The normalized spacial score (nSPS) is 54.3. The van der Waals surface area contributed by atoms with Gasteiger partial charge in [0.15, 0.2) is 0 Å². The van der Waals surface area contributed by atoms with Crippen LogP contribution in [0.15, 0.2) is 0 Å². The van der Waals surface area contributed by atoms with Gasteiger partial charge in [0, 0.05) is 5.54 Å². The van der Waals surface area contributed by atoms with E-state index in [1.165, 1.54) is 0 Å². The highest BCUT2D eigenvalue weighted by atomic mass is 16.5. The number of aliphatic hydroxyl groups is 1. The first-order valence-corrected chi connectivity index (χ1v) is 3.67. The molecule has 3 nitrogen and oxygen atoms in total. The van der Waals surface area contributed by atoms with Crippen molar-refractivity contribution in [3.63, 3.8) is 0 Å². The predicted octanol–water partition coefficient (Wildman–Crippen LogP) is -0.373. The number of fused-ring (bicyclic) bond motifs is 1. The Morgan fingerprint density at radius 3 is 2.40 bits per heavy atom. The smallest absolute Gasteiger partial charge is 0.0975 e. The first-order chi connectivity index (χ1) is 4.56. The molecule has 3 fully saturated rings. The Bertz CT molecular complexity index is 161. The number of hydrogen-bond donors (Lipinski definition) is 2. The highest BCUT2D eigenvalue weighted by molar-refractivity contribution is 5.17. The summed E-state index contributed by atoms with van der Waals surface area (Å²) in [4.78, 5) is 0. The van der Waals surface area contributed by atoms with E-state index in [0.29, 0.717) is 6.61 Å². The van der Waals surface area contributed by atoms with Crippen molar-refractivity contribution < 1.29 is 9.84 Å². The predicted molar refractivity (Wildman–Crippen MR) is 36.5 cm³/mol. The fourth-order valence-electron chi connectivity index (χ4n) is 2.05. The molecule has 1 atom stereocenters. The highest BCUT2D eigenvalue weighted by Gasteiger charge is 2.62. The van der Waals surface area contributed by atoms with Crippen LogP contribution in [-0.2, 0) is 4.74 Å². The van der Waals surface area contributed by atoms with Crippen LogP contribution in [0.4, 0.5) is 0 Å². The van der Waals surface area contributed by atoms with Gasteiger partial charge >= 0.3 is 0 Å². The first-order valence-electron chi connectivity index (χ1n) is 3.67. The lowest BCUT2D eigenvalue weighted by Gasteiger charge is -2.43. The van der Waals surface area contributed by atoms with Crippen molar-refractivity contribution >= 4 is 0 Å². The van der Waals surface area contributed by atoms with Crippen LogP contribution in [0.2, 0.25) is 0 Å². The van der Waals surface area contributed by atoms with Gasteiger partial charge in [0.2, 0.25) is 0 Å². The van der Waals surface area contributed by atoms with Crippen LogP contribution in [0.3, 0.4) is 0 Å². The number of rotatable bonds is 1. The summed E-state index contributed by atoms with van der Waals surface area (Å²) in [5, 5.41) is 9.28. The van der Waals surface area contributed by atoms with Crippen LogP contribution >= 0.6 is 0 Å². The number of hydrogen-bond acceptors (Lipinski definition) is 3. The Morgan fingerprint density at radius 2 is 2.20 bits per heavy atom. The second kappa shape index (κ2) is 1.55. The summed E-state index contributed by atoms with van der Waals surface area (Å²) in [5.41, 5.74) is 5.46. The van der Waals surface area contributed by atoms with Crippen LogP contribution in [0.1, 0.15) is 19.8 Å². The molecule has 2 saturated heterocycles. The van der Waals surface area contributed by atoms with Crippen molar-refractivity contribution in [1.82, 2.24) is 0 Å². The third kappa shape index (κ3) is 0.603. The summed E-state index contributed by atoms with van der Waals surface area (Å²) < 4.78 is 5.40. The van der Waals surface area contributed by atoms with Crippen molar-refractivity contribution in [3.05, 3.63) is 0 Å². The second-order valence-corrected chi connectivity index (χ2v) is 3.75. The minimum absolute atomic E-state index is 0.100. The Hall–Kier alpha value is -0.120. The van der Waals surface area contributed by atoms with Crippen LogP contribution in [-0.4, -0.2) is 29.0 Å². The van der Waals surface area contributed by atoms with E-state index in [4.69, 9.17) is 10.5 Å². The lowest BCUT2D eigenvalue weighted by atomic mass is 9.67. The maximum absolute atomic E-state index is 9.28. The molecule has 10 heavy (non-hydrogen) atoms. The minimum Gasteiger partial charge on any atom is -0.390 e. The van der Waals surface area contributed by atoms with Gasteiger partial charge in [-0.3, -0.25) is 0 Å². The van der Waals surface area contributed by atoms with E-state index in [2.05, 4.69) is 0 Å². The first kappa shape index (κ1) is 6.58. The standard InChI is InChI=1S/C7H13NO2/c1-5(9)7-2-6(8,3-7)4-10-7/h5,9H,2-4,8H2,1H3. The van der Waals surface area contributed by atoms with Gasteiger partial charge in [-0.25, -0.2) is 0 Å². The summed E-state index contributed by atoms with van der Waals surface area (Å²) in [6.07, 6.45) is 1.29. The molecule has 0 aromatic carbocycles. The zero-order chi connectivity index (χ0) is 7.41. The van der Waals surface area contributed by atoms with Crippen LogP contribution < -0.4 is 5.73 Å². The zero-order valence-electron chi connectivity index (χ0n) is 6.13. The number of aliphatic hydroxyl groups excluding tert-OH is 1. The average molecular weight is 143 g/mol. The number of ether oxygens (including phenoxy) is 1. The molecule has 3 aliphatic rings. The SMILES string of the molecule is CC(O)C12CC(N)(CO1)C2. The summed E-state index contributed by atoms with van der Waals surface area (Å²) >= 11 is 0. The van der Waals surface area contributed by atoms with Gasteiger partial charge < -0.3 is 15.6 Å². The maximum Gasteiger partial charge on any atom is 0.0975 e. The molecule has 2 bridgehead atoms. The van der Waals surface area contributed by atoms with E-state index in [0.717, 1.165) is 12.8 Å². The molecule has 0 aromatic rings. The lowest BCUT2D eigenvalue weighted by molar-refractivity contribution is -0.0928. The van der Waals surface area contributed by atoms with Crippen LogP contribution in [0, 0.1) is 0 Å². The van der Waals surface area contributed by atoms with Gasteiger partial charge in [-0.1, -0.05) is 0 Å². The van der Waals surface area contributed by atoms with Crippen molar-refractivity contribution in [1.29, 1.82) is 0 Å². The molecule has 0 spiro atoms. The van der Waals surface area contributed by atoms with Gasteiger partial charge in [-0.05, 0) is 19.8 Å². The molecule has 3 rings (SSSR count). The summed E-state index contributed by atoms with van der Waals surface area (Å²) in [5.74, 6) is 0. The fraction of sp³-hybridized carbons (Fsp3) is 1.00. The van der Waals surface area contributed by atoms with Crippen LogP contribution in [0.5, 0.6) is 0 Å². The van der Waals surface area contributed by atoms with Crippen LogP contribution in [0.25, 0.3) is 0 Å². The van der Waals surface area contributed by atoms with Crippen molar-refractivity contribution in [2.75, 3.05) is 6.61 Å². The van der Waals surface area contributed by atoms with Crippen molar-refractivity contribution in [2.45, 2.75) is 37.0 Å². The van der Waals surface area contributed by atoms with Gasteiger partial charge in [0.25, 0.3) is 0 Å². The monoisotopic (exact) mass is 143 g/mol. The quantitative estimate of drug-likeness (QED) is 0.526. The van der Waals surface area contributed by atoms with E-state index >= 15 is 0 Å². The van der Waals surface area contributed by atoms with Crippen molar-refractivity contribution in [3.8, 4) is 0 Å². The summed E-state index contributed by atoms with van der Waals surface area (Å²) in [6.45, 7) is 2.39. The molecule has 1 unspecified atom stereocenters. The highest BCUT2D eigenvalue weighted by Crippen LogP contribution is 2.51. The number of nitrogens with two attached hydrogens (primary N) is 1. The Morgan fingerprint density at radius 1 is 1.60 bits per heavy atom. The van der Waals surface area contributed by atoms with Gasteiger partial charge in [0.05, 0.1) is 18.3 Å². The zero-order valence-corrected chi connectivity index (χ0v) is 6.13. The minimum atomic E-state index is -0.369. The topological polar surface area (TPSA) is 55.5 Å². The Labute approximate surface area is 60.2 Å². The van der Waals surface area contributed by atoms with Gasteiger partial charge in [0.1, 0.15) is 0 Å². The molecule has 1 aliphatic carbocycles. The molecule has 3 heteroatoms. The van der Waals surface area contributed by atoms with Gasteiger partial charge in [-0.15, -0.1) is 0 Å².